The van der Waals surface area contributed by atoms with Crippen molar-refractivity contribution in [2.75, 3.05) is 0 Å². The maximum absolute atomic E-state index is 13.1. The molecule has 0 aliphatic rings. The lowest BCUT2D eigenvalue weighted by molar-refractivity contribution is -0.123. The Bertz CT molecular complexity index is 1400. The number of H-pyrrole nitrogens is 1. The van der Waals surface area contributed by atoms with E-state index in [1.54, 1.807) is 54.6 Å². The van der Waals surface area contributed by atoms with E-state index in [1.807, 2.05) is 24.3 Å². The van der Waals surface area contributed by atoms with Crippen molar-refractivity contribution < 1.29 is 9.59 Å². The predicted molar refractivity (Wildman–Crippen MR) is 129 cm³/mol. The van der Waals surface area contributed by atoms with Crippen molar-refractivity contribution >= 4 is 44.7 Å². The quantitative estimate of drug-likeness (QED) is 0.276. The highest BCUT2D eigenvalue weighted by Crippen LogP contribution is 2.20. The second kappa shape index (κ2) is 10.0. The number of fused-ring (bicyclic) bond motifs is 1. The van der Waals surface area contributed by atoms with Crippen molar-refractivity contribution in [3.63, 3.8) is 0 Å². The van der Waals surface area contributed by atoms with E-state index in [4.69, 9.17) is 0 Å². The van der Waals surface area contributed by atoms with Gasteiger partial charge in [-0.25, -0.2) is 10.5 Å². The lowest BCUT2D eigenvalue weighted by atomic mass is 10.0. The van der Waals surface area contributed by atoms with Crippen LogP contribution in [0.4, 0.5) is 0 Å². The molecule has 0 saturated heterocycles. The van der Waals surface area contributed by atoms with Crippen LogP contribution >= 0.6 is 15.9 Å². The molecule has 0 spiro atoms. The average Bonchev–Trinajstić information content (AvgIpc) is 2.85. The third-order valence-corrected chi connectivity index (χ3v) is 5.58. The SMILES string of the molecule is O=C(N[C@@H](C(=O)N/N=C\c1ccccc1Br)c1n[nH]c(=O)c2ccccc12)c1ccccc1. The van der Waals surface area contributed by atoms with Gasteiger partial charge in [-0.1, -0.05) is 70.5 Å². The van der Waals surface area contributed by atoms with Gasteiger partial charge in [0, 0.05) is 21.0 Å². The predicted octanol–water partition coefficient (Wildman–Crippen LogP) is 3.31. The Morgan fingerprint density at radius 3 is 2.36 bits per heavy atom. The van der Waals surface area contributed by atoms with E-state index in [9.17, 15) is 14.4 Å². The van der Waals surface area contributed by atoms with E-state index in [-0.39, 0.29) is 5.69 Å². The topological polar surface area (TPSA) is 116 Å². The van der Waals surface area contributed by atoms with Crippen LogP contribution in [0.5, 0.6) is 0 Å². The third-order valence-electron chi connectivity index (χ3n) is 4.86. The number of aromatic nitrogens is 2. The first-order valence-electron chi connectivity index (χ1n) is 9.95. The van der Waals surface area contributed by atoms with Crippen LogP contribution in [-0.4, -0.2) is 28.2 Å². The molecule has 0 saturated carbocycles. The molecule has 0 unspecified atom stereocenters. The number of carbonyl (C=O) groups is 2. The van der Waals surface area contributed by atoms with E-state index in [1.165, 1.54) is 6.21 Å². The van der Waals surface area contributed by atoms with Crippen molar-refractivity contribution in [3.05, 3.63) is 111 Å². The van der Waals surface area contributed by atoms with Crippen LogP contribution in [0.25, 0.3) is 10.8 Å². The van der Waals surface area contributed by atoms with E-state index < -0.39 is 23.4 Å². The summed E-state index contributed by atoms with van der Waals surface area (Å²) in [7, 11) is 0. The number of nitrogens with one attached hydrogen (secondary N) is 3. The first kappa shape index (κ1) is 22.1. The highest BCUT2D eigenvalue weighted by Gasteiger charge is 2.27. The molecule has 0 aliphatic carbocycles. The van der Waals surface area contributed by atoms with Gasteiger partial charge in [0.05, 0.1) is 11.6 Å². The summed E-state index contributed by atoms with van der Waals surface area (Å²) >= 11 is 3.42. The zero-order valence-electron chi connectivity index (χ0n) is 17.2. The van der Waals surface area contributed by atoms with Crippen LogP contribution in [0.15, 0.2) is 93.2 Å². The Balaban J connectivity index is 1.68. The molecule has 33 heavy (non-hydrogen) atoms. The molecule has 2 amide bonds. The fourth-order valence-corrected chi connectivity index (χ4v) is 3.61. The van der Waals surface area contributed by atoms with Gasteiger partial charge in [0.2, 0.25) is 0 Å². The first-order valence-corrected chi connectivity index (χ1v) is 10.7. The lowest BCUT2D eigenvalue weighted by Crippen LogP contribution is -2.40. The molecule has 9 heteroatoms. The summed E-state index contributed by atoms with van der Waals surface area (Å²) < 4.78 is 0.810. The number of amides is 2. The van der Waals surface area contributed by atoms with E-state index in [0.29, 0.717) is 16.3 Å². The molecule has 1 aromatic heterocycles. The van der Waals surface area contributed by atoms with Gasteiger partial charge < -0.3 is 5.32 Å². The Labute approximate surface area is 196 Å². The van der Waals surface area contributed by atoms with Gasteiger partial charge in [-0.3, -0.25) is 14.4 Å². The highest BCUT2D eigenvalue weighted by molar-refractivity contribution is 9.10. The molecular formula is C24H18BrN5O3. The minimum absolute atomic E-state index is 0.197. The minimum Gasteiger partial charge on any atom is -0.335 e. The Morgan fingerprint density at radius 2 is 1.61 bits per heavy atom. The third kappa shape index (κ3) is 5.04. The number of aromatic amines is 1. The summed E-state index contributed by atoms with van der Waals surface area (Å²) in [6, 6.07) is 21.4. The average molecular weight is 504 g/mol. The van der Waals surface area contributed by atoms with Gasteiger partial charge in [0.25, 0.3) is 17.4 Å². The summed E-state index contributed by atoms with van der Waals surface area (Å²) in [6.45, 7) is 0. The molecule has 3 aromatic carbocycles. The van der Waals surface area contributed by atoms with Crippen LogP contribution in [-0.2, 0) is 4.79 Å². The summed E-state index contributed by atoms with van der Waals surface area (Å²) in [5.74, 6) is -1.09. The lowest BCUT2D eigenvalue weighted by Gasteiger charge is -2.18. The molecule has 1 atom stereocenters. The molecule has 4 rings (SSSR count). The zero-order valence-corrected chi connectivity index (χ0v) is 18.7. The largest absolute Gasteiger partial charge is 0.335 e. The van der Waals surface area contributed by atoms with Crippen molar-refractivity contribution in [1.82, 2.24) is 20.9 Å². The van der Waals surface area contributed by atoms with E-state index >= 15 is 0 Å². The molecule has 3 N–H and O–H groups in total. The number of nitrogens with zero attached hydrogens (tertiary/aromatic N) is 2. The maximum atomic E-state index is 13.1. The molecule has 8 nitrogen and oxygen atoms in total. The van der Waals surface area contributed by atoms with E-state index in [2.05, 4.69) is 42.0 Å². The first-order chi connectivity index (χ1) is 16.0. The molecule has 1 heterocycles. The molecule has 164 valence electrons. The van der Waals surface area contributed by atoms with Crippen LogP contribution in [0.3, 0.4) is 0 Å². The summed E-state index contributed by atoms with van der Waals surface area (Å²) in [5, 5.41) is 14.0. The Hall–Kier alpha value is -4.11. The van der Waals surface area contributed by atoms with Gasteiger partial charge in [-0.15, -0.1) is 0 Å². The Morgan fingerprint density at radius 1 is 0.939 bits per heavy atom. The van der Waals surface area contributed by atoms with Crippen molar-refractivity contribution in [2.24, 2.45) is 5.10 Å². The minimum atomic E-state index is -1.21. The van der Waals surface area contributed by atoms with Crippen molar-refractivity contribution in [3.8, 4) is 0 Å². The smallest absolute Gasteiger partial charge is 0.272 e. The number of hydrogen-bond donors (Lipinski definition) is 3. The molecule has 0 fully saturated rings. The second-order valence-corrected chi connectivity index (χ2v) is 7.87. The normalized spacial score (nSPS) is 11.9. The van der Waals surface area contributed by atoms with E-state index in [0.717, 1.165) is 10.0 Å². The van der Waals surface area contributed by atoms with Crippen molar-refractivity contribution in [1.29, 1.82) is 0 Å². The summed E-state index contributed by atoms with van der Waals surface area (Å²) in [4.78, 5) is 38.2. The second-order valence-electron chi connectivity index (χ2n) is 7.01. The number of halogens is 1. The standard InChI is InChI=1S/C24H18BrN5O3/c25-19-13-7-4-10-16(19)14-26-29-24(33)21(27-22(31)15-8-2-1-3-9-15)20-17-11-5-6-12-18(17)23(32)30-28-20/h1-14,21H,(H,27,31)(H,29,33)(H,30,32)/b26-14-/t21-/m1/s1. The van der Waals surface area contributed by atoms with Crippen LogP contribution < -0.4 is 16.3 Å². The fraction of sp³-hybridized carbons (Fsp3) is 0.0417. The fourth-order valence-electron chi connectivity index (χ4n) is 3.23. The van der Waals surface area contributed by atoms with Gasteiger partial charge in [0.15, 0.2) is 6.04 Å². The van der Waals surface area contributed by atoms with Gasteiger partial charge in [0.1, 0.15) is 5.69 Å². The van der Waals surface area contributed by atoms with Crippen molar-refractivity contribution in [2.45, 2.75) is 6.04 Å². The molecular weight excluding hydrogens is 486 g/mol. The number of carbonyl (C=O) groups excluding carboxylic acids is 2. The van der Waals surface area contributed by atoms with Gasteiger partial charge >= 0.3 is 0 Å². The number of benzene rings is 3. The van der Waals surface area contributed by atoms with Crippen LogP contribution in [0.1, 0.15) is 27.7 Å². The highest BCUT2D eigenvalue weighted by atomic mass is 79.9. The summed E-state index contributed by atoms with van der Waals surface area (Å²) in [6.07, 6.45) is 1.48. The monoisotopic (exact) mass is 503 g/mol. The Kier molecular flexibility index (Phi) is 6.70. The molecule has 0 aliphatic heterocycles. The number of hydrogen-bond acceptors (Lipinski definition) is 5. The molecule has 0 bridgehead atoms. The number of rotatable bonds is 6. The van der Waals surface area contributed by atoms with Crippen LogP contribution in [0.2, 0.25) is 0 Å². The molecule has 4 aromatic rings. The van der Waals surface area contributed by atoms with Crippen LogP contribution in [0, 0.1) is 0 Å². The maximum Gasteiger partial charge on any atom is 0.272 e. The van der Waals surface area contributed by atoms with Gasteiger partial charge in [-0.2, -0.15) is 10.2 Å². The number of hydrazone groups is 1. The zero-order chi connectivity index (χ0) is 23.2. The summed E-state index contributed by atoms with van der Waals surface area (Å²) in [5.41, 5.74) is 3.39. The molecule has 0 radical (unpaired) electrons. The van der Waals surface area contributed by atoms with Gasteiger partial charge in [-0.05, 0) is 24.3 Å².